The van der Waals surface area contributed by atoms with E-state index in [0.717, 1.165) is 17.0 Å². The summed E-state index contributed by atoms with van der Waals surface area (Å²) in [5.74, 6) is 0.778. The van der Waals surface area contributed by atoms with Gasteiger partial charge in [-0.3, -0.25) is 0 Å². The number of aromatic nitrogens is 2. The summed E-state index contributed by atoms with van der Waals surface area (Å²) in [5, 5.41) is 14.7. The minimum Gasteiger partial charge on any atom is -0.469 e. The Kier molecular flexibility index (Phi) is 2.93. The lowest BCUT2D eigenvalue weighted by Gasteiger charge is -2.11. The molecule has 0 bridgehead atoms. The highest BCUT2D eigenvalue weighted by Gasteiger charge is 2.17. The summed E-state index contributed by atoms with van der Waals surface area (Å²) in [7, 11) is 0. The summed E-state index contributed by atoms with van der Waals surface area (Å²) in [6.07, 6.45) is 2.50. The van der Waals surface area contributed by atoms with Crippen LogP contribution < -0.4 is 0 Å². The van der Waals surface area contributed by atoms with E-state index < -0.39 is 6.10 Å². The standard InChI is InChI=1S/C15H14N2O2/c1-11-9-12(10-19-11)15(18)14-7-8-16-17(14)13-5-3-2-4-6-13/h2-10,15,18H,1H3. The Labute approximate surface area is 110 Å². The van der Waals surface area contributed by atoms with Gasteiger partial charge in [-0.1, -0.05) is 18.2 Å². The largest absolute Gasteiger partial charge is 0.469 e. The molecular formula is C15H14N2O2. The molecule has 0 spiro atoms. The van der Waals surface area contributed by atoms with Gasteiger partial charge in [0.05, 0.1) is 17.6 Å². The first-order chi connectivity index (χ1) is 9.25. The van der Waals surface area contributed by atoms with E-state index in [1.54, 1.807) is 23.2 Å². The van der Waals surface area contributed by atoms with Gasteiger partial charge >= 0.3 is 0 Å². The maximum absolute atomic E-state index is 10.4. The third-order valence-electron chi connectivity index (χ3n) is 3.02. The number of aryl methyl sites for hydroxylation is 1. The van der Waals surface area contributed by atoms with Gasteiger partial charge in [-0.2, -0.15) is 5.10 Å². The minimum atomic E-state index is -0.750. The molecule has 4 heteroatoms. The first-order valence-electron chi connectivity index (χ1n) is 6.08. The number of para-hydroxylation sites is 1. The van der Waals surface area contributed by atoms with Crippen molar-refractivity contribution >= 4 is 0 Å². The van der Waals surface area contributed by atoms with Gasteiger partial charge in [0.15, 0.2) is 0 Å². The van der Waals surface area contributed by atoms with Gasteiger partial charge in [-0.05, 0) is 31.2 Å². The second kappa shape index (κ2) is 4.74. The number of furan rings is 1. The Morgan fingerprint density at radius 1 is 1.21 bits per heavy atom. The van der Waals surface area contributed by atoms with Crippen LogP contribution in [-0.2, 0) is 0 Å². The molecule has 0 amide bonds. The van der Waals surface area contributed by atoms with Crippen LogP contribution in [0.5, 0.6) is 0 Å². The number of rotatable bonds is 3. The Bertz CT molecular complexity index is 670. The van der Waals surface area contributed by atoms with E-state index in [-0.39, 0.29) is 0 Å². The Morgan fingerprint density at radius 2 is 2.00 bits per heavy atom. The predicted molar refractivity (Wildman–Crippen MR) is 71.1 cm³/mol. The molecule has 3 aromatic rings. The first kappa shape index (κ1) is 11.7. The SMILES string of the molecule is Cc1cc(C(O)c2ccnn2-c2ccccc2)co1. The Morgan fingerprint density at radius 3 is 2.68 bits per heavy atom. The van der Waals surface area contributed by atoms with Crippen molar-refractivity contribution in [1.29, 1.82) is 0 Å². The smallest absolute Gasteiger partial charge is 0.124 e. The number of hydrogen-bond donors (Lipinski definition) is 1. The molecule has 4 nitrogen and oxygen atoms in total. The third kappa shape index (κ3) is 2.18. The second-order valence-corrected chi connectivity index (χ2v) is 4.40. The monoisotopic (exact) mass is 254 g/mol. The van der Waals surface area contributed by atoms with Crippen LogP contribution >= 0.6 is 0 Å². The maximum atomic E-state index is 10.4. The summed E-state index contributed by atoms with van der Waals surface area (Å²) in [6.45, 7) is 1.85. The topological polar surface area (TPSA) is 51.2 Å². The number of nitrogens with zero attached hydrogens (tertiary/aromatic N) is 2. The van der Waals surface area contributed by atoms with Crippen molar-refractivity contribution in [2.45, 2.75) is 13.0 Å². The van der Waals surface area contributed by atoms with Crippen LogP contribution in [-0.4, -0.2) is 14.9 Å². The minimum absolute atomic E-state index is 0.715. The van der Waals surface area contributed by atoms with Crippen LogP contribution in [0.15, 0.2) is 59.3 Å². The van der Waals surface area contributed by atoms with Crippen molar-refractivity contribution < 1.29 is 9.52 Å². The van der Waals surface area contributed by atoms with Crippen LogP contribution in [0.3, 0.4) is 0 Å². The second-order valence-electron chi connectivity index (χ2n) is 4.40. The molecule has 2 aromatic heterocycles. The van der Waals surface area contributed by atoms with Gasteiger partial charge < -0.3 is 9.52 Å². The molecule has 0 saturated heterocycles. The van der Waals surface area contributed by atoms with Gasteiger partial charge in [0.2, 0.25) is 0 Å². The quantitative estimate of drug-likeness (QED) is 0.782. The molecule has 0 fully saturated rings. The molecule has 1 atom stereocenters. The highest BCUT2D eigenvalue weighted by Crippen LogP contribution is 2.25. The average Bonchev–Trinajstić information content (AvgIpc) is 3.07. The maximum Gasteiger partial charge on any atom is 0.124 e. The molecule has 19 heavy (non-hydrogen) atoms. The van der Waals surface area contributed by atoms with E-state index in [1.807, 2.05) is 43.3 Å². The lowest BCUT2D eigenvalue weighted by molar-refractivity contribution is 0.211. The van der Waals surface area contributed by atoms with E-state index in [2.05, 4.69) is 5.10 Å². The highest BCUT2D eigenvalue weighted by molar-refractivity contribution is 5.35. The number of hydrogen-bond acceptors (Lipinski definition) is 3. The predicted octanol–water partition coefficient (Wildman–Crippen LogP) is 2.86. The molecule has 96 valence electrons. The lowest BCUT2D eigenvalue weighted by Crippen LogP contribution is -2.07. The molecule has 0 radical (unpaired) electrons. The summed E-state index contributed by atoms with van der Waals surface area (Å²) in [4.78, 5) is 0. The van der Waals surface area contributed by atoms with Crippen LogP contribution in [0.2, 0.25) is 0 Å². The third-order valence-corrected chi connectivity index (χ3v) is 3.02. The zero-order valence-corrected chi connectivity index (χ0v) is 10.5. The molecule has 2 heterocycles. The van der Waals surface area contributed by atoms with E-state index in [9.17, 15) is 5.11 Å². The van der Waals surface area contributed by atoms with Gasteiger partial charge in [0.25, 0.3) is 0 Å². The van der Waals surface area contributed by atoms with Crippen LogP contribution in [0, 0.1) is 6.92 Å². The zero-order valence-electron chi connectivity index (χ0n) is 10.5. The molecule has 0 saturated carbocycles. The molecule has 0 aliphatic carbocycles. The van der Waals surface area contributed by atoms with Crippen molar-refractivity contribution in [2.75, 3.05) is 0 Å². The Hall–Kier alpha value is -2.33. The number of benzene rings is 1. The summed E-state index contributed by atoms with van der Waals surface area (Å²) in [6, 6.07) is 13.4. The normalized spacial score (nSPS) is 12.5. The van der Waals surface area contributed by atoms with Crippen LogP contribution in [0.4, 0.5) is 0 Å². The molecule has 0 aliphatic heterocycles. The van der Waals surface area contributed by atoms with Gasteiger partial charge in [0.1, 0.15) is 11.9 Å². The van der Waals surface area contributed by atoms with Crippen LogP contribution in [0.25, 0.3) is 5.69 Å². The van der Waals surface area contributed by atoms with E-state index in [0.29, 0.717) is 5.69 Å². The average molecular weight is 254 g/mol. The van der Waals surface area contributed by atoms with Crippen molar-refractivity contribution in [3.63, 3.8) is 0 Å². The van der Waals surface area contributed by atoms with Gasteiger partial charge in [-0.15, -0.1) is 0 Å². The Balaban J connectivity index is 2.01. The molecule has 1 aromatic carbocycles. The van der Waals surface area contributed by atoms with Gasteiger partial charge in [0, 0.05) is 11.8 Å². The molecule has 1 unspecified atom stereocenters. The zero-order chi connectivity index (χ0) is 13.2. The highest BCUT2D eigenvalue weighted by atomic mass is 16.3. The first-order valence-corrected chi connectivity index (χ1v) is 6.08. The van der Waals surface area contributed by atoms with Crippen molar-refractivity contribution in [1.82, 2.24) is 9.78 Å². The molecule has 1 N–H and O–H groups in total. The molecular weight excluding hydrogens is 240 g/mol. The fourth-order valence-electron chi connectivity index (χ4n) is 2.08. The van der Waals surface area contributed by atoms with Crippen molar-refractivity contribution in [3.8, 4) is 5.69 Å². The molecule has 0 aliphatic rings. The number of aliphatic hydroxyl groups excluding tert-OH is 1. The molecule has 3 rings (SSSR count). The lowest BCUT2D eigenvalue weighted by atomic mass is 10.1. The summed E-state index contributed by atoms with van der Waals surface area (Å²) in [5.41, 5.74) is 2.36. The van der Waals surface area contributed by atoms with Crippen molar-refractivity contribution in [3.05, 3.63) is 71.9 Å². The van der Waals surface area contributed by atoms with Crippen molar-refractivity contribution in [2.24, 2.45) is 0 Å². The summed E-state index contributed by atoms with van der Waals surface area (Å²) < 4.78 is 6.97. The van der Waals surface area contributed by atoms with Gasteiger partial charge in [-0.25, -0.2) is 4.68 Å². The van der Waals surface area contributed by atoms with E-state index >= 15 is 0 Å². The fourth-order valence-corrected chi connectivity index (χ4v) is 2.08. The van der Waals surface area contributed by atoms with Crippen LogP contribution in [0.1, 0.15) is 23.1 Å². The fraction of sp³-hybridized carbons (Fsp3) is 0.133. The van der Waals surface area contributed by atoms with E-state index in [4.69, 9.17) is 4.42 Å². The number of aliphatic hydroxyl groups is 1. The summed E-state index contributed by atoms with van der Waals surface area (Å²) >= 11 is 0. The van der Waals surface area contributed by atoms with E-state index in [1.165, 1.54) is 0 Å².